The van der Waals surface area contributed by atoms with Crippen molar-refractivity contribution in [2.75, 3.05) is 23.3 Å². The van der Waals surface area contributed by atoms with Crippen LogP contribution in [0.5, 0.6) is 0 Å². The molecule has 0 spiro atoms. The third-order valence-electron chi connectivity index (χ3n) is 5.34. The molecule has 29 heavy (non-hydrogen) atoms. The summed E-state index contributed by atoms with van der Waals surface area (Å²) in [6, 6.07) is 18.4. The third-order valence-corrected chi connectivity index (χ3v) is 5.34. The molecule has 0 amide bonds. The van der Waals surface area contributed by atoms with Crippen molar-refractivity contribution in [1.29, 1.82) is 0 Å². The van der Waals surface area contributed by atoms with E-state index in [2.05, 4.69) is 46.5 Å². The van der Waals surface area contributed by atoms with E-state index in [1.807, 2.05) is 41.2 Å². The van der Waals surface area contributed by atoms with E-state index in [1.165, 1.54) is 24.8 Å². The summed E-state index contributed by atoms with van der Waals surface area (Å²) in [5.41, 5.74) is 4.04. The van der Waals surface area contributed by atoms with Crippen molar-refractivity contribution >= 4 is 28.5 Å². The maximum Gasteiger partial charge on any atom is 0.229 e. The van der Waals surface area contributed by atoms with Crippen molar-refractivity contribution in [2.24, 2.45) is 0 Å². The van der Waals surface area contributed by atoms with Gasteiger partial charge >= 0.3 is 0 Å². The van der Waals surface area contributed by atoms with Gasteiger partial charge in [-0.2, -0.15) is 15.1 Å². The fourth-order valence-electron chi connectivity index (χ4n) is 3.84. The van der Waals surface area contributed by atoms with Gasteiger partial charge in [-0.15, -0.1) is 0 Å². The molecule has 1 N–H and O–H groups in total. The standard InChI is InChI=1S/C23H24N6/c1-17-9-8-10-18(15-17)25-21-20-16-24-29(19-11-4-2-5-12-19)22(20)27-23(26-21)28-13-6-3-7-14-28/h2,4-5,8-12,15-16H,3,6-7,13-14H2,1H3,(H,25,26,27). The van der Waals surface area contributed by atoms with E-state index in [-0.39, 0.29) is 0 Å². The summed E-state index contributed by atoms with van der Waals surface area (Å²) in [5.74, 6) is 1.56. The number of para-hydroxylation sites is 1. The molecule has 6 heteroatoms. The van der Waals surface area contributed by atoms with Crippen LogP contribution in [0.2, 0.25) is 0 Å². The van der Waals surface area contributed by atoms with E-state index in [1.54, 1.807) is 0 Å². The van der Waals surface area contributed by atoms with E-state index in [9.17, 15) is 0 Å². The second-order valence-electron chi connectivity index (χ2n) is 7.54. The van der Waals surface area contributed by atoms with Gasteiger partial charge in [0.2, 0.25) is 5.95 Å². The Morgan fingerprint density at radius 2 is 1.72 bits per heavy atom. The molecule has 1 aliphatic heterocycles. The molecule has 5 rings (SSSR count). The summed E-state index contributed by atoms with van der Waals surface area (Å²) >= 11 is 0. The molecule has 1 saturated heterocycles. The topological polar surface area (TPSA) is 58.9 Å². The molecule has 0 unspecified atom stereocenters. The lowest BCUT2D eigenvalue weighted by Gasteiger charge is -2.27. The quantitative estimate of drug-likeness (QED) is 0.545. The van der Waals surface area contributed by atoms with E-state index in [0.29, 0.717) is 0 Å². The summed E-state index contributed by atoms with van der Waals surface area (Å²) < 4.78 is 1.89. The van der Waals surface area contributed by atoms with Gasteiger partial charge in [0.05, 0.1) is 17.3 Å². The Labute approximate surface area is 170 Å². The lowest BCUT2D eigenvalue weighted by Crippen LogP contribution is -2.31. The number of hydrogen-bond donors (Lipinski definition) is 1. The number of nitrogens with one attached hydrogen (secondary N) is 1. The van der Waals surface area contributed by atoms with Crippen LogP contribution in [0.4, 0.5) is 17.5 Å². The molecule has 2 aromatic carbocycles. The number of piperidine rings is 1. The van der Waals surface area contributed by atoms with Crippen LogP contribution in [0, 0.1) is 6.92 Å². The van der Waals surface area contributed by atoms with Crippen LogP contribution in [0.1, 0.15) is 24.8 Å². The van der Waals surface area contributed by atoms with Crippen molar-refractivity contribution in [3.63, 3.8) is 0 Å². The Bertz CT molecular complexity index is 1130. The summed E-state index contributed by atoms with van der Waals surface area (Å²) in [7, 11) is 0. The average Bonchev–Trinajstić information content (AvgIpc) is 3.19. The van der Waals surface area contributed by atoms with E-state index < -0.39 is 0 Å². The maximum absolute atomic E-state index is 4.93. The molecule has 4 aromatic rings. The molecule has 0 radical (unpaired) electrons. The maximum atomic E-state index is 4.93. The molecular weight excluding hydrogens is 360 g/mol. The molecule has 6 nitrogen and oxygen atoms in total. The van der Waals surface area contributed by atoms with E-state index in [0.717, 1.165) is 47.3 Å². The molecule has 0 saturated carbocycles. The number of fused-ring (bicyclic) bond motifs is 1. The van der Waals surface area contributed by atoms with Gasteiger partial charge < -0.3 is 10.2 Å². The third kappa shape index (κ3) is 3.53. The number of rotatable bonds is 4. The summed E-state index contributed by atoms with van der Waals surface area (Å²) in [5, 5.41) is 9.04. The van der Waals surface area contributed by atoms with Gasteiger partial charge in [-0.1, -0.05) is 30.3 Å². The average molecular weight is 384 g/mol. The molecule has 1 aliphatic rings. The first-order chi connectivity index (χ1) is 14.3. The zero-order chi connectivity index (χ0) is 19.6. The number of aryl methyl sites for hydroxylation is 1. The first-order valence-corrected chi connectivity index (χ1v) is 10.2. The normalized spacial score (nSPS) is 14.3. The van der Waals surface area contributed by atoms with Crippen molar-refractivity contribution in [1.82, 2.24) is 19.7 Å². The lowest BCUT2D eigenvalue weighted by molar-refractivity contribution is 0.569. The molecule has 0 bridgehead atoms. The fourth-order valence-corrected chi connectivity index (χ4v) is 3.84. The highest BCUT2D eigenvalue weighted by atomic mass is 15.3. The van der Waals surface area contributed by atoms with Gasteiger partial charge in [0.25, 0.3) is 0 Å². The lowest BCUT2D eigenvalue weighted by atomic mass is 10.1. The number of hydrogen-bond acceptors (Lipinski definition) is 5. The van der Waals surface area contributed by atoms with Crippen LogP contribution >= 0.6 is 0 Å². The van der Waals surface area contributed by atoms with Gasteiger partial charge in [0, 0.05) is 18.8 Å². The minimum atomic E-state index is 0.769. The van der Waals surface area contributed by atoms with E-state index >= 15 is 0 Å². The Balaban J connectivity index is 1.65. The Hall–Kier alpha value is -3.41. The van der Waals surface area contributed by atoms with Crippen LogP contribution < -0.4 is 10.2 Å². The highest BCUT2D eigenvalue weighted by Crippen LogP contribution is 2.29. The Morgan fingerprint density at radius 1 is 0.897 bits per heavy atom. The first-order valence-electron chi connectivity index (χ1n) is 10.2. The van der Waals surface area contributed by atoms with Crippen LogP contribution in [0.3, 0.4) is 0 Å². The van der Waals surface area contributed by atoms with Crippen molar-refractivity contribution in [2.45, 2.75) is 26.2 Å². The fraction of sp³-hybridized carbons (Fsp3) is 0.261. The molecule has 0 atom stereocenters. The van der Waals surface area contributed by atoms with Crippen molar-refractivity contribution < 1.29 is 0 Å². The number of benzene rings is 2. The molecular formula is C23H24N6. The van der Waals surface area contributed by atoms with E-state index in [4.69, 9.17) is 9.97 Å². The van der Waals surface area contributed by atoms with Gasteiger partial charge in [-0.3, -0.25) is 0 Å². The Morgan fingerprint density at radius 3 is 2.52 bits per heavy atom. The van der Waals surface area contributed by atoms with Crippen LogP contribution in [0.25, 0.3) is 16.7 Å². The second-order valence-corrected chi connectivity index (χ2v) is 7.54. The molecule has 2 aromatic heterocycles. The van der Waals surface area contributed by atoms with Gasteiger partial charge in [0.1, 0.15) is 5.82 Å². The zero-order valence-corrected chi connectivity index (χ0v) is 16.5. The summed E-state index contributed by atoms with van der Waals surface area (Å²) in [4.78, 5) is 12.1. The predicted molar refractivity (Wildman–Crippen MR) is 117 cm³/mol. The SMILES string of the molecule is Cc1cccc(Nc2nc(N3CCCCC3)nc3c2cnn3-c2ccccc2)c1. The minimum absolute atomic E-state index is 0.769. The van der Waals surface area contributed by atoms with Gasteiger partial charge in [0.15, 0.2) is 5.65 Å². The van der Waals surface area contributed by atoms with Crippen molar-refractivity contribution in [3.05, 3.63) is 66.4 Å². The summed E-state index contributed by atoms with van der Waals surface area (Å²) in [6.07, 6.45) is 5.48. The predicted octanol–water partition coefficient (Wildman–Crippen LogP) is 4.86. The number of anilines is 3. The number of nitrogens with zero attached hydrogens (tertiary/aromatic N) is 5. The Kier molecular flexibility index (Phi) is 4.60. The second kappa shape index (κ2) is 7.54. The first kappa shape index (κ1) is 17.7. The molecule has 3 heterocycles. The van der Waals surface area contributed by atoms with Crippen LogP contribution in [-0.4, -0.2) is 32.8 Å². The van der Waals surface area contributed by atoms with Crippen molar-refractivity contribution in [3.8, 4) is 5.69 Å². The smallest absolute Gasteiger partial charge is 0.229 e. The number of aromatic nitrogens is 4. The van der Waals surface area contributed by atoms with Gasteiger partial charge in [-0.25, -0.2) is 4.68 Å². The van der Waals surface area contributed by atoms with Crippen LogP contribution in [0.15, 0.2) is 60.8 Å². The monoisotopic (exact) mass is 384 g/mol. The highest BCUT2D eigenvalue weighted by molar-refractivity contribution is 5.90. The minimum Gasteiger partial charge on any atom is -0.341 e. The zero-order valence-electron chi connectivity index (χ0n) is 16.5. The summed E-state index contributed by atoms with van der Waals surface area (Å²) in [6.45, 7) is 4.08. The van der Waals surface area contributed by atoms with Crippen LogP contribution in [-0.2, 0) is 0 Å². The largest absolute Gasteiger partial charge is 0.341 e. The highest BCUT2D eigenvalue weighted by Gasteiger charge is 2.19. The molecule has 0 aliphatic carbocycles. The molecule has 146 valence electrons. The van der Waals surface area contributed by atoms with Gasteiger partial charge in [-0.05, 0) is 56.0 Å². The molecule has 1 fully saturated rings.